The summed E-state index contributed by atoms with van der Waals surface area (Å²) in [7, 11) is 6.25. The number of hydrogen-bond acceptors (Lipinski definition) is 6. The SMILES string of the molecule is COc1cc(N(C)C(=O)c2cnc3nccn3c2)cc(OC)c1OC. The van der Waals surface area contributed by atoms with E-state index < -0.39 is 0 Å². The fourth-order valence-corrected chi connectivity index (χ4v) is 2.50. The number of carbonyl (C=O) groups excluding carboxylic acids is 1. The van der Waals surface area contributed by atoms with E-state index in [4.69, 9.17) is 14.2 Å². The molecule has 0 aliphatic carbocycles. The van der Waals surface area contributed by atoms with Crippen LogP contribution in [0.5, 0.6) is 17.2 Å². The van der Waals surface area contributed by atoms with E-state index >= 15 is 0 Å². The fraction of sp³-hybridized carbons (Fsp3) is 0.235. The minimum Gasteiger partial charge on any atom is -0.493 e. The Morgan fingerprint density at radius 3 is 2.36 bits per heavy atom. The molecule has 2 heterocycles. The summed E-state index contributed by atoms with van der Waals surface area (Å²) < 4.78 is 17.7. The molecule has 1 aromatic carbocycles. The number of imidazole rings is 1. The molecule has 3 aromatic rings. The molecule has 0 N–H and O–H groups in total. The first-order valence-electron chi connectivity index (χ1n) is 7.45. The number of aromatic nitrogens is 3. The number of anilines is 1. The molecule has 25 heavy (non-hydrogen) atoms. The average Bonchev–Trinajstić information content (AvgIpc) is 3.13. The van der Waals surface area contributed by atoms with Crippen molar-refractivity contribution in [2.45, 2.75) is 0 Å². The number of nitrogens with zero attached hydrogens (tertiary/aromatic N) is 4. The van der Waals surface area contributed by atoms with Crippen LogP contribution in [0.15, 0.2) is 36.9 Å². The van der Waals surface area contributed by atoms with Crippen LogP contribution in [0.2, 0.25) is 0 Å². The molecule has 0 unspecified atom stereocenters. The predicted octanol–water partition coefficient (Wildman–Crippen LogP) is 2.03. The first-order valence-corrected chi connectivity index (χ1v) is 7.45. The lowest BCUT2D eigenvalue weighted by Gasteiger charge is -2.20. The van der Waals surface area contributed by atoms with E-state index in [1.807, 2.05) is 0 Å². The molecule has 8 nitrogen and oxygen atoms in total. The van der Waals surface area contributed by atoms with Crippen molar-refractivity contribution in [3.63, 3.8) is 0 Å². The van der Waals surface area contributed by atoms with Crippen LogP contribution in [0.1, 0.15) is 10.4 Å². The van der Waals surface area contributed by atoms with Gasteiger partial charge in [0.1, 0.15) is 0 Å². The molecule has 0 radical (unpaired) electrons. The minimum absolute atomic E-state index is 0.225. The summed E-state index contributed by atoms with van der Waals surface area (Å²) in [5.41, 5.74) is 1.03. The molecular formula is C17H18N4O4. The van der Waals surface area contributed by atoms with Gasteiger partial charge in [0.25, 0.3) is 5.91 Å². The Morgan fingerprint density at radius 2 is 1.76 bits per heavy atom. The number of benzene rings is 1. The molecule has 2 aromatic heterocycles. The van der Waals surface area contributed by atoms with Gasteiger partial charge >= 0.3 is 0 Å². The van der Waals surface area contributed by atoms with Crippen LogP contribution < -0.4 is 19.1 Å². The van der Waals surface area contributed by atoms with Crippen LogP contribution in [0.25, 0.3) is 5.78 Å². The largest absolute Gasteiger partial charge is 0.493 e. The second-order valence-corrected chi connectivity index (χ2v) is 5.22. The number of hydrogen-bond donors (Lipinski definition) is 0. The second-order valence-electron chi connectivity index (χ2n) is 5.22. The number of ether oxygens (including phenoxy) is 3. The Hall–Kier alpha value is -3.29. The Balaban J connectivity index is 1.98. The monoisotopic (exact) mass is 342 g/mol. The molecule has 0 bridgehead atoms. The highest BCUT2D eigenvalue weighted by atomic mass is 16.5. The molecule has 0 aliphatic rings. The summed E-state index contributed by atoms with van der Waals surface area (Å²) in [6, 6.07) is 3.42. The van der Waals surface area contributed by atoms with Gasteiger partial charge < -0.3 is 19.1 Å². The van der Waals surface area contributed by atoms with E-state index in [1.54, 1.807) is 42.2 Å². The van der Waals surface area contributed by atoms with Crippen molar-refractivity contribution in [3.05, 3.63) is 42.5 Å². The normalized spacial score (nSPS) is 10.6. The van der Waals surface area contributed by atoms with Gasteiger partial charge in [-0.05, 0) is 0 Å². The molecule has 1 amide bonds. The van der Waals surface area contributed by atoms with E-state index in [1.165, 1.54) is 32.4 Å². The minimum atomic E-state index is -0.225. The zero-order valence-electron chi connectivity index (χ0n) is 14.4. The highest BCUT2D eigenvalue weighted by Crippen LogP contribution is 2.41. The first-order chi connectivity index (χ1) is 12.1. The fourth-order valence-electron chi connectivity index (χ4n) is 2.50. The van der Waals surface area contributed by atoms with Crippen molar-refractivity contribution in [1.29, 1.82) is 0 Å². The molecule has 0 fully saturated rings. The smallest absolute Gasteiger partial charge is 0.261 e. The molecule has 0 saturated carbocycles. The lowest BCUT2D eigenvalue weighted by Crippen LogP contribution is -2.26. The number of amides is 1. The van der Waals surface area contributed by atoms with Gasteiger partial charge in [-0.1, -0.05) is 0 Å². The molecule has 0 aliphatic heterocycles. The lowest BCUT2D eigenvalue weighted by atomic mass is 10.2. The number of fused-ring (bicyclic) bond motifs is 1. The van der Waals surface area contributed by atoms with E-state index in [0.717, 1.165) is 0 Å². The van der Waals surface area contributed by atoms with Crippen LogP contribution in [0, 0.1) is 0 Å². The van der Waals surface area contributed by atoms with E-state index in [2.05, 4.69) is 9.97 Å². The number of carbonyl (C=O) groups is 1. The quantitative estimate of drug-likeness (QED) is 0.706. The van der Waals surface area contributed by atoms with Crippen molar-refractivity contribution in [3.8, 4) is 17.2 Å². The molecule has 0 spiro atoms. The molecule has 130 valence electrons. The Kier molecular flexibility index (Phi) is 4.42. The highest BCUT2D eigenvalue weighted by molar-refractivity contribution is 6.05. The Morgan fingerprint density at radius 1 is 1.08 bits per heavy atom. The molecule has 0 atom stereocenters. The van der Waals surface area contributed by atoms with Crippen molar-refractivity contribution in [2.75, 3.05) is 33.3 Å². The highest BCUT2D eigenvalue weighted by Gasteiger charge is 2.20. The molecular weight excluding hydrogens is 324 g/mol. The Labute approximate surface area is 144 Å². The molecule has 3 rings (SSSR count). The summed E-state index contributed by atoms with van der Waals surface area (Å²) in [5, 5.41) is 0. The molecule has 8 heteroatoms. The maximum Gasteiger partial charge on any atom is 0.261 e. The molecule has 0 saturated heterocycles. The van der Waals surface area contributed by atoms with Crippen LogP contribution in [-0.2, 0) is 0 Å². The zero-order chi connectivity index (χ0) is 18.0. The van der Waals surface area contributed by atoms with Crippen LogP contribution in [0.4, 0.5) is 5.69 Å². The maximum absolute atomic E-state index is 12.8. The van der Waals surface area contributed by atoms with Gasteiger partial charge in [0.05, 0.1) is 32.6 Å². The van der Waals surface area contributed by atoms with E-state index in [-0.39, 0.29) is 5.91 Å². The Bertz CT molecular complexity index is 897. The van der Waals surface area contributed by atoms with Gasteiger partial charge in [-0.15, -0.1) is 0 Å². The van der Waals surface area contributed by atoms with Crippen molar-refractivity contribution in [1.82, 2.24) is 14.4 Å². The van der Waals surface area contributed by atoms with Gasteiger partial charge in [0.2, 0.25) is 11.5 Å². The third-order valence-electron chi connectivity index (χ3n) is 3.83. The first kappa shape index (κ1) is 16.6. The van der Waals surface area contributed by atoms with Gasteiger partial charge in [-0.3, -0.25) is 9.20 Å². The standard InChI is InChI=1S/C17H18N4O4/c1-20(12-7-13(23-2)15(25-4)14(8-12)24-3)16(22)11-9-19-17-18-5-6-21(17)10-11/h5-10H,1-4H3. The maximum atomic E-state index is 12.8. The predicted molar refractivity (Wildman–Crippen MR) is 91.8 cm³/mol. The zero-order valence-corrected chi connectivity index (χ0v) is 14.4. The van der Waals surface area contributed by atoms with E-state index in [0.29, 0.717) is 34.3 Å². The lowest BCUT2D eigenvalue weighted by molar-refractivity contribution is 0.0992. The summed E-state index contributed by atoms with van der Waals surface area (Å²) in [6.45, 7) is 0. The van der Waals surface area contributed by atoms with Gasteiger partial charge in [0, 0.05) is 44.0 Å². The average molecular weight is 342 g/mol. The number of rotatable bonds is 5. The van der Waals surface area contributed by atoms with Gasteiger partial charge in [-0.25, -0.2) is 9.97 Å². The third kappa shape index (κ3) is 2.93. The summed E-state index contributed by atoms with van der Waals surface area (Å²) in [5.74, 6) is 1.72. The summed E-state index contributed by atoms with van der Waals surface area (Å²) in [4.78, 5) is 22.5. The van der Waals surface area contributed by atoms with Gasteiger partial charge in [-0.2, -0.15) is 0 Å². The third-order valence-corrected chi connectivity index (χ3v) is 3.83. The van der Waals surface area contributed by atoms with Crippen molar-refractivity contribution < 1.29 is 19.0 Å². The van der Waals surface area contributed by atoms with Crippen LogP contribution in [0.3, 0.4) is 0 Å². The number of methoxy groups -OCH3 is 3. The topological polar surface area (TPSA) is 78.2 Å². The van der Waals surface area contributed by atoms with Crippen molar-refractivity contribution >= 4 is 17.4 Å². The van der Waals surface area contributed by atoms with Crippen LogP contribution in [-0.4, -0.2) is 48.7 Å². The van der Waals surface area contributed by atoms with E-state index in [9.17, 15) is 4.79 Å². The van der Waals surface area contributed by atoms with Crippen LogP contribution >= 0.6 is 0 Å². The second kappa shape index (κ2) is 6.68. The summed E-state index contributed by atoms with van der Waals surface area (Å²) >= 11 is 0. The van der Waals surface area contributed by atoms with Crippen molar-refractivity contribution in [2.24, 2.45) is 0 Å². The van der Waals surface area contributed by atoms with Gasteiger partial charge in [0.15, 0.2) is 11.5 Å². The summed E-state index contributed by atoms with van der Waals surface area (Å²) in [6.07, 6.45) is 6.55.